The van der Waals surface area contributed by atoms with Crippen molar-refractivity contribution in [3.05, 3.63) is 36.1 Å². The van der Waals surface area contributed by atoms with Crippen LogP contribution in [0, 0.1) is 5.92 Å². The Kier molecular flexibility index (Phi) is 2.44. The normalized spacial score (nSPS) is 19.3. The summed E-state index contributed by atoms with van der Waals surface area (Å²) in [6, 6.07) is 8.50. The van der Waals surface area contributed by atoms with E-state index in [-0.39, 0.29) is 6.04 Å². The van der Waals surface area contributed by atoms with E-state index >= 15 is 0 Å². The van der Waals surface area contributed by atoms with Gasteiger partial charge in [-0.05, 0) is 42.5 Å². The van der Waals surface area contributed by atoms with E-state index in [1.54, 1.807) is 6.26 Å². The molecule has 2 heteroatoms. The van der Waals surface area contributed by atoms with Gasteiger partial charge in [0.1, 0.15) is 5.58 Å². The van der Waals surface area contributed by atoms with Crippen molar-refractivity contribution in [1.82, 2.24) is 0 Å². The van der Waals surface area contributed by atoms with E-state index in [0.29, 0.717) is 5.92 Å². The molecule has 0 saturated heterocycles. The number of furan rings is 1. The van der Waals surface area contributed by atoms with E-state index in [0.717, 1.165) is 11.0 Å². The molecule has 0 spiro atoms. The summed E-state index contributed by atoms with van der Waals surface area (Å²) in [6.07, 6.45) is 6.98. The Balaban J connectivity index is 1.91. The molecular weight excluding hydrogens is 198 g/mol. The molecule has 1 aliphatic rings. The summed E-state index contributed by atoms with van der Waals surface area (Å²) >= 11 is 0. The van der Waals surface area contributed by atoms with Gasteiger partial charge in [-0.3, -0.25) is 0 Å². The zero-order valence-electron chi connectivity index (χ0n) is 9.36. The highest BCUT2D eigenvalue weighted by atomic mass is 16.3. The molecule has 1 aliphatic carbocycles. The molecule has 1 unspecified atom stereocenters. The van der Waals surface area contributed by atoms with Gasteiger partial charge in [-0.25, -0.2) is 0 Å². The summed E-state index contributed by atoms with van der Waals surface area (Å²) < 4.78 is 5.34. The third-order valence-corrected chi connectivity index (χ3v) is 3.77. The number of nitrogens with two attached hydrogens (primary N) is 1. The summed E-state index contributed by atoms with van der Waals surface area (Å²) in [5.41, 5.74) is 8.53. The first-order valence-electron chi connectivity index (χ1n) is 6.07. The molecule has 0 bridgehead atoms. The van der Waals surface area contributed by atoms with E-state index in [2.05, 4.69) is 12.1 Å². The highest BCUT2D eigenvalue weighted by Gasteiger charge is 2.23. The third-order valence-electron chi connectivity index (χ3n) is 3.77. The second-order valence-electron chi connectivity index (χ2n) is 4.79. The molecule has 1 fully saturated rings. The van der Waals surface area contributed by atoms with Crippen LogP contribution in [0.4, 0.5) is 0 Å². The summed E-state index contributed by atoms with van der Waals surface area (Å²) in [7, 11) is 0. The largest absolute Gasteiger partial charge is 0.464 e. The number of hydrogen-bond acceptors (Lipinski definition) is 2. The van der Waals surface area contributed by atoms with Crippen LogP contribution in [0.25, 0.3) is 11.0 Å². The van der Waals surface area contributed by atoms with Gasteiger partial charge in [-0.15, -0.1) is 0 Å². The van der Waals surface area contributed by atoms with Crippen molar-refractivity contribution >= 4 is 11.0 Å². The minimum absolute atomic E-state index is 0.196. The van der Waals surface area contributed by atoms with Crippen LogP contribution in [0.1, 0.15) is 37.3 Å². The van der Waals surface area contributed by atoms with E-state index in [1.165, 1.54) is 31.2 Å². The van der Waals surface area contributed by atoms with Gasteiger partial charge in [0.2, 0.25) is 0 Å². The van der Waals surface area contributed by atoms with Crippen molar-refractivity contribution in [2.75, 3.05) is 0 Å². The number of hydrogen-bond donors (Lipinski definition) is 1. The van der Waals surface area contributed by atoms with Crippen LogP contribution < -0.4 is 5.73 Å². The molecule has 1 aromatic heterocycles. The highest BCUT2D eigenvalue weighted by Crippen LogP contribution is 2.35. The second kappa shape index (κ2) is 3.95. The van der Waals surface area contributed by atoms with E-state index in [4.69, 9.17) is 10.2 Å². The maximum atomic E-state index is 6.33. The third kappa shape index (κ3) is 1.63. The molecule has 1 heterocycles. The molecule has 3 rings (SSSR count). The summed E-state index contributed by atoms with van der Waals surface area (Å²) in [4.78, 5) is 0. The monoisotopic (exact) mass is 215 g/mol. The Hall–Kier alpha value is -1.28. The second-order valence-corrected chi connectivity index (χ2v) is 4.79. The van der Waals surface area contributed by atoms with Crippen LogP contribution in [0.5, 0.6) is 0 Å². The van der Waals surface area contributed by atoms with Gasteiger partial charge in [-0.1, -0.05) is 18.9 Å². The van der Waals surface area contributed by atoms with E-state index < -0.39 is 0 Å². The molecule has 0 amide bonds. The molecule has 0 radical (unpaired) electrons. The molecule has 1 atom stereocenters. The van der Waals surface area contributed by atoms with Gasteiger partial charge in [0.15, 0.2) is 0 Å². The van der Waals surface area contributed by atoms with Crippen molar-refractivity contribution in [2.24, 2.45) is 11.7 Å². The zero-order valence-corrected chi connectivity index (χ0v) is 9.36. The summed E-state index contributed by atoms with van der Waals surface area (Å²) in [5, 5.41) is 1.16. The number of fused-ring (bicyclic) bond motifs is 1. The fraction of sp³-hybridized carbons (Fsp3) is 0.429. The van der Waals surface area contributed by atoms with Crippen LogP contribution in [-0.2, 0) is 0 Å². The maximum Gasteiger partial charge on any atom is 0.133 e. The van der Waals surface area contributed by atoms with Crippen molar-refractivity contribution in [2.45, 2.75) is 31.7 Å². The van der Waals surface area contributed by atoms with Crippen molar-refractivity contribution in [1.29, 1.82) is 0 Å². The molecule has 2 N–H and O–H groups in total. The fourth-order valence-corrected chi connectivity index (χ4v) is 2.78. The van der Waals surface area contributed by atoms with Crippen LogP contribution in [0.3, 0.4) is 0 Å². The molecule has 2 nitrogen and oxygen atoms in total. The SMILES string of the molecule is NC(c1ccc2occc2c1)C1CCCC1. The summed E-state index contributed by atoms with van der Waals surface area (Å²) in [6.45, 7) is 0. The smallest absolute Gasteiger partial charge is 0.133 e. The van der Waals surface area contributed by atoms with Gasteiger partial charge in [0.05, 0.1) is 6.26 Å². The molecule has 0 aliphatic heterocycles. The van der Waals surface area contributed by atoms with E-state index in [1.807, 2.05) is 12.1 Å². The van der Waals surface area contributed by atoms with Crippen LogP contribution in [0.15, 0.2) is 34.9 Å². The molecule has 1 aromatic carbocycles. The quantitative estimate of drug-likeness (QED) is 0.831. The standard InChI is InChI=1S/C14H17NO/c15-14(10-3-1-2-4-10)12-5-6-13-11(9-12)7-8-16-13/h5-10,14H,1-4,15H2. The lowest BCUT2D eigenvalue weighted by Gasteiger charge is -2.19. The maximum absolute atomic E-state index is 6.33. The first-order valence-corrected chi connectivity index (χ1v) is 6.07. The lowest BCUT2D eigenvalue weighted by atomic mass is 9.92. The van der Waals surface area contributed by atoms with Crippen LogP contribution in [0.2, 0.25) is 0 Å². The van der Waals surface area contributed by atoms with Gasteiger partial charge in [-0.2, -0.15) is 0 Å². The van der Waals surface area contributed by atoms with Crippen molar-refractivity contribution < 1.29 is 4.42 Å². The van der Waals surface area contributed by atoms with Gasteiger partial charge >= 0.3 is 0 Å². The van der Waals surface area contributed by atoms with Crippen LogP contribution >= 0.6 is 0 Å². The molecule has 2 aromatic rings. The van der Waals surface area contributed by atoms with Crippen molar-refractivity contribution in [3.8, 4) is 0 Å². The first kappa shape index (κ1) is 9.91. The first-order chi connectivity index (χ1) is 7.84. The predicted molar refractivity (Wildman–Crippen MR) is 65.1 cm³/mol. The van der Waals surface area contributed by atoms with Gasteiger partial charge in [0.25, 0.3) is 0 Å². The minimum Gasteiger partial charge on any atom is -0.464 e. The average Bonchev–Trinajstić information content (AvgIpc) is 2.98. The fourth-order valence-electron chi connectivity index (χ4n) is 2.78. The highest BCUT2D eigenvalue weighted by molar-refractivity contribution is 5.77. The van der Waals surface area contributed by atoms with Crippen LogP contribution in [-0.4, -0.2) is 0 Å². The zero-order chi connectivity index (χ0) is 11.0. The van der Waals surface area contributed by atoms with E-state index in [9.17, 15) is 0 Å². The average molecular weight is 215 g/mol. The summed E-state index contributed by atoms with van der Waals surface area (Å²) in [5.74, 6) is 0.671. The molecular formula is C14H17NO. The predicted octanol–water partition coefficient (Wildman–Crippen LogP) is 3.62. The number of rotatable bonds is 2. The minimum atomic E-state index is 0.196. The molecule has 1 saturated carbocycles. The molecule has 16 heavy (non-hydrogen) atoms. The molecule has 84 valence electrons. The van der Waals surface area contributed by atoms with Gasteiger partial charge in [0, 0.05) is 11.4 Å². The lowest BCUT2D eigenvalue weighted by Crippen LogP contribution is -2.18. The van der Waals surface area contributed by atoms with Crippen molar-refractivity contribution in [3.63, 3.8) is 0 Å². The Morgan fingerprint density at radius 3 is 2.81 bits per heavy atom. The Morgan fingerprint density at radius 1 is 1.19 bits per heavy atom. The van der Waals surface area contributed by atoms with Gasteiger partial charge < -0.3 is 10.2 Å². The Labute approximate surface area is 95.4 Å². The Morgan fingerprint density at radius 2 is 2.00 bits per heavy atom. The lowest BCUT2D eigenvalue weighted by molar-refractivity contribution is 0.445. The number of benzene rings is 1. The topological polar surface area (TPSA) is 39.2 Å². The Bertz CT molecular complexity index is 482.